The van der Waals surface area contributed by atoms with Crippen LogP contribution in [-0.2, 0) is 0 Å². The predicted octanol–water partition coefficient (Wildman–Crippen LogP) is 2.80. The average molecular weight is 225 g/mol. The molecule has 0 aromatic rings. The van der Waals surface area contributed by atoms with Crippen molar-refractivity contribution in [1.82, 2.24) is 5.32 Å². The highest BCUT2D eigenvalue weighted by Crippen LogP contribution is 2.16. The van der Waals surface area contributed by atoms with Crippen molar-refractivity contribution in [3.05, 3.63) is 0 Å². The fourth-order valence-corrected chi connectivity index (χ4v) is 2.24. The van der Waals surface area contributed by atoms with Gasteiger partial charge in [0.15, 0.2) is 5.96 Å². The molecule has 0 spiro atoms. The van der Waals surface area contributed by atoms with Crippen LogP contribution < -0.4 is 11.1 Å². The highest BCUT2D eigenvalue weighted by molar-refractivity contribution is 5.78. The first kappa shape index (κ1) is 13.3. The van der Waals surface area contributed by atoms with Crippen molar-refractivity contribution < 1.29 is 0 Å². The second kappa shape index (κ2) is 8.43. The molecule has 94 valence electrons. The van der Waals surface area contributed by atoms with Crippen LogP contribution in [0.2, 0.25) is 0 Å². The first-order chi connectivity index (χ1) is 7.83. The number of rotatable bonds is 5. The van der Waals surface area contributed by atoms with E-state index in [9.17, 15) is 0 Å². The van der Waals surface area contributed by atoms with Crippen molar-refractivity contribution in [3.8, 4) is 0 Å². The van der Waals surface area contributed by atoms with Crippen molar-refractivity contribution in [2.75, 3.05) is 6.54 Å². The van der Waals surface area contributed by atoms with Gasteiger partial charge in [0.05, 0.1) is 0 Å². The summed E-state index contributed by atoms with van der Waals surface area (Å²) in [5, 5.41) is 3.36. The quantitative estimate of drug-likeness (QED) is 0.327. The number of unbranched alkanes of at least 4 members (excludes halogenated alkanes) is 2. The number of hydrogen-bond donors (Lipinski definition) is 2. The Morgan fingerprint density at radius 2 is 1.88 bits per heavy atom. The van der Waals surface area contributed by atoms with Crippen LogP contribution in [0.4, 0.5) is 0 Å². The molecule has 1 rings (SSSR count). The fraction of sp³-hybridized carbons (Fsp3) is 0.923. The predicted molar refractivity (Wildman–Crippen MR) is 70.6 cm³/mol. The molecule has 1 fully saturated rings. The molecule has 0 bridgehead atoms. The van der Waals surface area contributed by atoms with Crippen molar-refractivity contribution >= 4 is 5.96 Å². The molecule has 1 aliphatic carbocycles. The smallest absolute Gasteiger partial charge is 0.188 e. The van der Waals surface area contributed by atoms with E-state index in [1.54, 1.807) is 0 Å². The third-order valence-corrected chi connectivity index (χ3v) is 3.25. The van der Waals surface area contributed by atoms with Crippen LogP contribution in [-0.4, -0.2) is 18.5 Å². The lowest BCUT2D eigenvalue weighted by Crippen LogP contribution is -2.39. The van der Waals surface area contributed by atoms with Gasteiger partial charge in [-0.2, -0.15) is 0 Å². The summed E-state index contributed by atoms with van der Waals surface area (Å²) in [5.74, 6) is 0.656. The van der Waals surface area contributed by atoms with E-state index in [-0.39, 0.29) is 0 Å². The number of aliphatic imine (C=N–C) groups is 1. The topological polar surface area (TPSA) is 50.4 Å². The highest BCUT2D eigenvalue weighted by atomic mass is 15.1. The lowest BCUT2D eigenvalue weighted by Gasteiger charge is -2.16. The van der Waals surface area contributed by atoms with E-state index in [2.05, 4.69) is 17.2 Å². The van der Waals surface area contributed by atoms with Crippen LogP contribution in [0.15, 0.2) is 4.99 Å². The molecule has 1 aliphatic rings. The van der Waals surface area contributed by atoms with Gasteiger partial charge in [-0.05, 0) is 19.3 Å². The molecule has 0 radical (unpaired) electrons. The van der Waals surface area contributed by atoms with Crippen molar-refractivity contribution in [3.63, 3.8) is 0 Å². The molecule has 0 aliphatic heterocycles. The third kappa shape index (κ3) is 5.99. The molecule has 3 nitrogen and oxygen atoms in total. The van der Waals surface area contributed by atoms with Gasteiger partial charge in [0, 0.05) is 12.6 Å². The normalized spacial score (nSPS) is 19.4. The van der Waals surface area contributed by atoms with Crippen LogP contribution in [0.25, 0.3) is 0 Å². The first-order valence-electron chi connectivity index (χ1n) is 6.89. The largest absolute Gasteiger partial charge is 0.370 e. The molecular formula is C13H27N3. The van der Waals surface area contributed by atoms with E-state index in [0.29, 0.717) is 12.0 Å². The zero-order valence-corrected chi connectivity index (χ0v) is 10.7. The zero-order valence-electron chi connectivity index (χ0n) is 10.7. The molecule has 16 heavy (non-hydrogen) atoms. The second-order valence-corrected chi connectivity index (χ2v) is 4.81. The number of guanidine groups is 1. The van der Waals surface area contributed by atoms with Gasteiger partial charge in [-0.3, -0.25) is 4.99 Å². The second-order valence-electron chi connectivity index (χ2n) is 4.81. The number of nitrogens with zero attached hydrogens (tertiary/aromatic N) is 1. The Labute approximate surface area is 99.9 Å². The van der Waals surface area contributed by atoms with E-state index < -0.39 is 0 Å². The van der Waals surface area contributed by atoms with E-state index in [1.165, 1.54) is 51.4 Å². The minimum atomic E-state index is 0.567. The summed E-state index contributed by atoms with van der Waals surface area (Å²) in [6, 6.07) is 0.567. The van der Waals surface area contributed by atoms with Crippen molar-refractivity contribution in [2.24, 2.45) is 10.7 Å². The Morgan fingerprint density at radius 1 is 1.19 bits per heavy atom. The summed E-state index contributed by atoms with van der Waals surface area (Å²) in [5.41, 5.74) is 5.88. The maximum Gasteiger partial charge on any atom is 0.188 e. The van der Waals surface area contributed by atoms with Gasteiger partial charge >= 0.3 is 0 Å². The molecule has 1 saturated carbocycles. The summed E-state index contributed by atoms with van der Waals surface area (Å²) in [6.07, 6.45) is 11.6. The molecule has 0 aromatic carbocycles. The summed E-state index contributed by atoms with van der Waals surface area (Å²) >= 11 is 0. The lowest BCUT2D eigenvalue weighted by molar-refractivity contribution is 0.529. The van der Waals surface area contributed by atoms with Gasteiger partial charge in [-0.15, -0.1) is 0 Å². The minimum Gasteiger partial charge on any atom is -0.370 e. The molecule has 0 unspecified atom stereocenters. The van der Waals surface area contributed by atoms with Crippen LogP contribution in [0.3, 0.4) is 0 Å². The van der Waals surface area contributed by atoms with Gasteiger partial charge in [0.1, 0.15) is 0 Å². The SMILES string of the molecule is CCCCCN=C(N)NC1CCCCCC1. The summed E-state index contributed by atoms with van der Waals surface area (Å²) in [4.78, 5) is 4.37. The Kier molecular flexibility index (Phi) is 7.02. The van der Waals surface area contributed by atoms with E-state index in [4.69, 9.17) is 5.73 Å². The molecule has 0 amide bonds. The minimum absolute atomic E-state index is 0.567. The van der Waals surface area contributed by atoms with Crippen molar-refractivity contribution in [2.45, 2.75) is 70.8 Å². The van der Waals surface area contributed by atoms with Crippen molar-refractivity contribution in [1.29, 1.82) is 0 Å². The fourth-order valence-electron chi connectivity index (χ4n) is 2.24. The molecule has 0 saturated heterocycles. The van der Waals surface area contributed by atoms with Gasteiger partial charge in [0.25, 0.3) is 0 Å². The zero-order chi connectivity index (χ0) is 11.6. The molecule has 0 atom stereocenters. The monoisotopic (exact) mass is 225 g/mol. The number of nitrogens with two attached hydrogens (primary N) is 1. The van der Waals surface area contributed by atoms with Crippen LogP contribution in [0.5, 0.6) is 0 Å². The van der Waals surface area contributed by atoms with Gasteiger partial charge < -0.3 is 11.1 Å². The summed E-state index contributed by atoms with van der Waals surface area (Å²) < 4.78 is 0. The summed E-state index contributed by atoms with van der Waals surface area (Å²) in [7, 11) is 0. The maximum absolute atomic E-state index is 5.88. The van der Waals surface area contributed by atoms with E-state index >= 15 is 0 Å². The van der Waals surface area contributed by atoms with Gasteiger partial charge in [-0.1, -0.05) is 45.4 Å². The maximum atomic E-state index is 5.88. The van der Waals surface area contributed by atoms with Crippen LogP contribution in [0.1, 0.15) is 64.7 Å². The van der Waals surface area contributed by atoms with Gasteiger partial charge in [-0.25, -0.2) is 0 Å². The number of nitrogens with one attached hydrogen (secondary N) is 1. The van der Waals surface area contributed by atoms with Crippen LogP contribution in [0, 0.1) is 0 Å². The molecule has 0 heterocycles. The Balaban J connectivity index is 2.17. The highest BCUT2D eigenvalue weighted by Gasteiger charge is 2.11. The Hall–Kier alpha value is -0.730. The Bertz CT molecular complexity index is 193. The molecule has 3 heteroatoms. The van der Waals surface area contributed by atoms with Gasteiger partial charge in [0.2, 0.25) is 0 Å². The standard InChI is InChI=1S/C13H27N3/c1-2-3-8-11-15-13(14)16-12-9-6-4-5-7-10-12/h12H,2-11H2,1H3,(H3,14,15,16). The lowest BCUT2D eigenvalue weighted by atomic mass is 10.1. The number of hydrogen-bond acceptors (Lipinski definition) is 1. The molecule has 0 aromatic heterocycles. The molecule has 3 N–H and O–H groups in total. The Morgan fingerprint density at radius 3 is 2.50 bits per heavy atom. The van der Waals surface area contributed by atoms with E-state index in [1.807, 2.05) is 0 Å². The molecular weight excluding hydrogens is 198 g/mol. The third-order valence-electron chi connectivity index (χ3n) is 3.25. The van der Waals surface area contributed by atoms with Crippen LogP contribution >= 0.6 is 0 Å². The first-order valence-corrected chi connectivity index (χ1v) is 6.89. The summed E-state index contributed by atoms with van der Waals surface area (Å²) in [6.45, 7) is 3.08. The van der Waals surface area contributed by atoms with E-state index in [0.717, 1.165) is 13.0 Å². The average Bonchev–Trinajstić information content (AvgIpc) is 2.53.